The average Bonchev–Trinajstić information content (AvgIpc) is 0.918. The van der Waals surface area contributed by atoms with Gasteiger partial charge in [-0.25, -0.2) is 50.5 Å². The quantitative estimate of drug-likeness (QED) is 0.0142. The van der Waals surface area contributed by atoms with Crippen molar-refractivity contribution >= 4 is 96.5 Å². The molecule has 0 saturated heterocycles. The van der Waals surface area contributed by atoms with E-state index in [0.29, 0.717) is 42.7 Å². The van der Waals surface area contributed by atoms with Crippen LogP contribution in [-0.4, -0.2) is 260 Å². The van der Waals surface area contributed by atoms with Crippen LogP contribution >= 0.6 is 0 Å². The van der Waals surface area contributed by atoms with E-state index in [1.54, 1.807) is 0 Å². The van der Waals surface area contributed by atoms with Crippen molar-refractivity contribution in [3.8, 4) is 0 Å². The molecule has 0 amide bonds. The van der Waals surface area contributed by atoms with Gasteiger partial charge in [-0.15, -0.1) is 0 Å². The second-order valence-electron chi connectivity index (χ2n) is 39.4. The Hall–Kier alpha value is -3.96. The Morgan fingerprint density at radius 3 is 0.468 bits per heavy atom. The fourth-order valence-electron chi connectivity index (χ4n) is 18.0. The van der Waals surface area contributed by atoms with E-state index in [9.17, 15) is 107 Å². The van der Waals surface area contributed by atoms with Gasteiger partial charge in [-0.2, -0.15) is 0 Å². The number of nitrogens with one attached hydrogen (secondary N) is 6. The zero-order valence-electron chi connectivity index (χ0n) is 86.7. The lowest BCUT2D eigenvalue weighted by atomic mass is 9.95. The number of unbranched alkanes of at least 4 members (excludes halogenated alkanes) is 21. The van der Waals surface area contributed by atoms with Crippen LogP contribution in [0.4, 0.5) is 0 Å². The third-order valence-corrected chi connectivity index (χ3v) is 30.4. The van der Waals surface area contributed by atoms with Crippen LogP contribution in [-0.2, 0) is 118 Å². The Morgan fingerprint density at radius 1 is 0.199 bits per heavy atom. The minimum atomic E-state index is -4.43. The number of hydrogen-bond acceptors (Lipinski definition) is 36. The second kappa shape index (κ2) is 82.9. The Bertz CT molecular complexity index is 3920. The summed E-state index contributed by atoms with van der Waals surface area (Å²) in [6.45, 7) is 13.9. The van der Waals surface area contributed by atoms with Crippen LogP contribution in [0.5, 0.6) is 0 Å². The van der Waals surface area contributed by atoms with Gasteiger partial charge in [-0.05, 0) is 116 Å². The summed E-state index contributed by atoms with van der Waals surface area (Å²) in [4.78, 5) is 70.9. The van der Waals surface area contributed by atoms with Crippen LogP contribution in [0.2, 0.25) is 0 Å². The van der Waals surface area contributed by atoms with Crippen molar-refractivity contribution in [2.75, 3.05) is 73.8 Å². The summed E-state index contributed by atoms with van der Waals surface area (Å²) in [6.07, 6.45) is 57.2. The van der Waals surface area contributed by atoms with Crippen molar-refractivity contribution in [2.45, 2.75) is 519 Å². The van der Waals surface area contributed by atoms with Gasteiger partial charge in [0.2, 0.25) is 0 Å². The molecule has 6 saturated carbocycles. The van der Waals surface area contributed by atoms with Gasteiger partial charge >= 0.3 is 35.8 Å². The van der Waals surface area contributed by atoms with Crippen molar-refractivity contribution in [1.82, 2.24) is 31.9 Å². The highest BCUT2D eigenvalue weighted by atomic mass is 32.2. The molecule has 0 heterocycles. The number of hydrogen-bond donors (Lipinski definition) is 6. The molecule has 6 aliphatic rings. The Kier molecular flexibility index (Phi) is 79.4. The summed E-state index contributed by atoms with van der Waals surface area (Å²) in [5, 5.41) is 19.5. The van der Waals surface area contributed by atoms with E-state index >= 15 is 0 Å². The van der Waals surface area contributed by atoms with Gasteiger partial charge in [-0.1, -0.05) is 292 Å². The van der Waals surface area contributed by atoms with E-state index in [-0.39, 0.29) is 77.8 Å². The SMILES string of the molecule is CCCCC(=O)OC(CNC1CCCCC1)CS(=O)(=O)[O-].CCCCCC(=O)OC(CNC1CCCCC1)CS(=O)(=O)[O-].CCCCCCC(=O)OC(CNC1CCCCC1)CS(=O)(=O)[O-].CCCCCCCC(=O)OC(CNC1CCCCC1)CS(=O)(=O)[O-].CCCCCCCCC(=O)OC(CNC1CCCCC1)CS(=O)(=O)[O-].CCCCCCCCCC(=O)OC(CNC1CCCCC1)CS(=O)(=O)[O-]. The molecular formula is C99H186N6O30S6-6. The number of carbonyl (C=O) groups is 6. The Balaban J connectivity index is 0.000000847. The minimum absolute atomic E-state index is 0.226. The van der Waals surface area contributed by atoms with Crippen molar-refractivity contribution in [1.29, 1.82) is 0 Å². The molecule has 6 N–H and O–H groups in total. The lowest BCUT2D eigenvalue weighted by molar-refractivity contribution is -0.149. The summed E-state index contributed by atoms with van der Waals surface area (Å²) in [5.41, 5.74) is 0. The molecule has 0 aromatic carbocycles. The van der Waals surface area contributed by atoms with E-state index in [2.05, 4.69) is 59.6 Å². The first-order valence-corrected chi connectivity index (χ1v) is 63.6. The van der Waals surface area contributed by atoms with E-state index < -0.39 is 168 Å². The molecule has 0 aromatic rings. The first-order valence-electron chi connectivity index (χ1n) is 54.1. The Labute approximate surface area is 850 Å². The van der Waals surface area contributed by atoms with Gasteiger partial charge in [0.1, 0.15) is 36.6 Å². The fraction of sp³-hybridized carbons (Fsp3) is 0.939. The smallest absolute Gasteiger partial charge is 0.306 e. The van der Waals surface area contributed by atoms with Crippen LogP contribution in [0.25, 0.3) is 0 Å². The van der Waals surface area contributed by atoms with Crippen molar-refractivity contribution in [2.24, 2.45) is 0 Å². The molecule has 6 fully saturated rings. The summed E-state index contributed by atoms with van der Waals surface area (Å²) in [7, 11) is -26.5. The molecule has 42 heteroatoms. The Morgan fingerprint density at radius 2 is 0.319 bits per heavy atom. The third kappa shape index (κ3) is 87.6. The van der Waals surface area contributed by atoms with Crippen LogP contribution in [0, 0.1) is 0 Å². The predicted molar refractivity (Wildman–Crippen MR) is 542 cm³/mol. The van der Waals surface area contributed by atoms with Gasteiger partial charge in [0.05, 0.1) is 95.2 Å². The highest BCUT2D eigenvalue weighted by Gasteiger charge is 2.29. The van der Waals surface area contributed by atoms with Crippen LogP contribution in [0.1, 0.15) is 446 Å². The van der Waals surface area contributed by atoms with Crippen LogP contribution in [0.3, 0.4) is 0 Å². The maximum Gasteiger partial charge on any atom is 0.306 e. The molecule has 0 radical (unpaired) electrons. The molecule has 834 valence electrons. The number of carbonyl (C=O) groups excluding carboxylic acids is 6. The van der Waals surface area contributed by atoms with Crippen molar-refractivity contribution in [3.05, 3.63) is 0 Å². The van der Waals surface area contributed by atoms with Crippen LogP contribution < -0.4 is 31.9 Å². The molecule has 6 rings (SSSR count). The van der Waals surface area contributed by atoms with Gasteiger partial charge in [-0.3, -0.25) is 28.8 Å². The molecular weight excluding hydrogens is 1950 g/mol. The highest BCUT2D eigenvalue weighted by Crippen LogP contribution is 2.25. The largest absolute Gasteiger partial charge is 0.748 e. The molecule has 141 heavy (non-hydrogen) atoms. The topological polar surface area (TPSA) is 573 Å². The standard InChI is InChI=1S/C19H37NO5S.C18H35NO5S.C17H33NO5S.C16H31NO5S.C15H29NO5S.C14H27NO5S/c1-2-3-4-5-6-7-11-14-19(21)25-18(16-26(22,23)24)15-20-17-12-9-8-10-13-17;1-2-3-4-5-6-10-13-18(20)24-17(15-25(21,22)23)14-19-16-11-8-7-9-12-16;1-2-3-4-5-9-12-17(19)23-16(14-24(20,21)22)13-18-15-10-7-6-8-11-15;1-2-3-4-8-11-16(18)22-15(13-23(19,20)21)12-17-14-9-6-5-7-10-14;1-2-3-5-10-15(17)21-14(12-22(18,19)20)11-16-13-8-6-4-7-9-13;1-2-3-9-14(16)20-13(11-21(17,18)19)10-15-12-7-5-4-6-8-12/h17-18,20H,2-16H2,1H3,(H,22,23,24);16-17,19H,2-15H2,1H3,(H,21,22,23);15-16,18H,2-14H2,1H3,(H,20,21,22);14-15,17H,2-13H2,1H3,(H,19,20,21);13-14,16H,2-12H2,1H3,(H,18,19,20);12-13,15H,2-11H2,1H3,(H,17,18,19)/p-6. The summed E-state index contributed by atoms with van der Waals surface area (Å²) < 4.78 is 229. The molecule has 0 spiro atoms. The zero-order valence-corrected chi connectivity index (χ0v) is 91.6. The van der Waals surface area contributed by atoms with Gasteiger partial charge in [0.15, 0.2) is 0 Å². The molecule has 0 aromatic heterocycles. The number of ether oxygens (including phenoxy) is 6. The van der Waals surface area contributed by atoms with Gasteiger partial charge in [0, 0.05) is 114 Å². The zero-order chi connectivity index (χ0) is 105. The first-order chi connectivity index (χ1) is 66.9. The maximum absolute atomic E-state index is 12.0. The minimum Gasteiger partial charge on any atom is -0.748 e. The summed E-state index contributed by atoms with van der Waals surface area (Å²) in [6, 6.07) is 1.94. The summed E-state index contributed by atoms with van der Waals surface area (Å²) >= 11 is 0. The normalized spacial score (nSPS) is 17.7. The van der Waals surface area contributed by atoms with E-state index in [0.717, 1.165) is 276 Å². The first kappa shape index (κ1) is 135. The highest BCUT2D eigenvalue weighted by molar-refractivity contribution is 7.87. The van der Waals surface area contributed by atoms with Gasteiger partial charge < -0.3 is 87.6 Å². The van der Waals surface area contributed by atoms with E-state index in [4.69, 9.17) is 28.4 Å². The predicted octanol–water partition coefficient (Wildman–Crippen LogP) is 15.2. The lowest BCUT2D eigenvalue weighted by Crippen LogP contribution is -2.41. The second-order valence-corrected chi connectivity index (χ2v) is 48.1. The van der Waals surface area contributed by atoms with Crippen molar-refractivity contribution in [3.63, 3.8) is 0 Å². The monoisotopic (exact) mass is 2130 g/mol. The van der Waals surface area contributed by atoms with E-state index in [1.165, 1.54) is 83.5 Å². The fourth-order valence-corrected chi connectivity index (χ4v) is 21.8. The molecule has 6 atom stereocenters. The number of esters is 6. The molecule has 6 aliphatic carbocycles. The van der Waals surface area contributed by atoms with Crippen LogP contribution in [0.15, 0.2) is 0 Å². The molecule has 6 unspecified atom stereocenters. The summed E-state index contributed by atoms with van der Waals surface area (Å²) in [5.74, 6) is -6.45. The third-order valence-electron chi connectivity index (χ3n) is 25.7. The molecule has 0 bridgehead atoms. The average molecular weight is 2130 g/mol. The van der Waals surface area contributed by atoms with E-state index in [1.807, 2.05) is 13.8 Å². The number of rotatable bonds is 69. The maximum atomic E-state index is 12.0. The molecule has 36 nitrogen and oxygen atoms in total. The van der Waals surface area contributed by atoms with Gasteiger partial charge in [0.25, 0.3) is 0 Å². The lowest BCUT2D eigenvalue weighted by Gasteiger charge is -2.26. The molecule has 0 aliphatic heterocycles. The van der Waals surface area contributed by atoms with Crippen molar-refractivity contribution < 1.29 is 135 Å².